The van der Waals surface area contributed by atoms with Crippen LogP contribution in [0.1, 0.15) is 27.3 Å². The molecule has 0 radical (unpaired) electrons. The first-order valence-electron chi connectivity index (χ1n) is 6.24. The standard InChI is InChI=1S/C15H16N4O/c1-10-14(11(2)19-18-10)17-15(20)13-8-4-3-6-12(13)7-5-9-16/h3-4,6,8H,9,16H2,1-2H3,(H,17,20)(H,18,19). The molecular weight excluding hydrogens is 252 g/mol. The number of benzene rings is 1. The summed E-state index contributed by atoms with van der Waals surface area (Å²) in [7, 11) is 0. The Morgan fingerprint density at radius 1 is 1.40 bits per heavy atom. The topological polar surface area (TPSA) is 83.8 Å². The number of anilines is 1. The van der Waals surface area contributed by atoms with Gasteiger partial charge in [-0.15, -0.1) is 0 Å². The highest BCUT2D eigenvalue weighted by molar-refractivity contribution is 6.06. The fourth-order valence-electron chi connectivity index (χ4n) is 1.85. The quantitative estimate of drug-likeness (QED) is 0.723. The lowest BCUT2D eigenvalue weighted by Crippen LogP contribution is -2.14. The molecule has 5 nitrogen and oxygen atoms in total. The summed E-state index contributed by atoms with van der Waals surface area (Å²) in [5.74, 6) is 5.46. The van der Waals surface area contributed by atoms with E-state index in [-0.39, 0.29) is 12.5 Å². The molecule has 0 saturated heterocycles. The van der Waals surface area contributed by atoms with Gasteiger partial charge in [0.05, 0.1) is 29.2 Å². The van der Waals surface area contributed by atoms with Crippen molar-refractivity contribution in [3.8, 4) is 11.8 Å². The summed E-state index contributed by atoms with van der Waals surface area (Å²) in [6.07, 6.45) is 0. The first-order chi connectivity index (χ1) is 9.63. The van der Waals surface area contributed by atoms with Gasteiger partial charge in [-0.05, 0) is 26.0 Å². The number of hydrogen-bond donors (Lipinski definition) is 3. The minimum absolute atomic E-state index is 0.209. The lowest BCUT2D eigenvalue weighted by molar-refractivity contribution is 0.102. The summed E-state index contributed by atoms with van der Waals surface area (Å²) in [6.45, 7) is 3.95. The van der Waals surface area contributed by atoms with Crippen LogP contribution in [0.4, 0.5) is 5.69 Å². The van der Waals surface area contributed by atoms with Crippen molar-refractivity contribution in [2.45, 2.75) is 13.8 Å². The van der Waals surface area contributed by atoms with Crippen molar-refractivity contribution in [2.24, 2.45) is 5.73 Å². The van der Waals surface area contributed by atoms with Gasteiger partial charge in [0, 0.05) is 5.56 Å². The van der Waals surface area contributed by atoms with Crippen LogP contribution in [-0.2, 0) is 0 Å². The normalized spacial score (nSPS) is 9.75. The Bertz CT molecular complexity index is 672. The predicted molar refractivity (Wildman–Crippen MR) is 78.4 cm³/mol. The van der Waals surface area contributed by atoms with Crippen LogP contribution in [0.15, 0.2) is 24.3 Å². The lowest BCUT2D eigenvalue weighted by atomic mass is 10.1. The number of nitrogens with one attached hydrogen (secondary N) is 2. The Balaban J connectivity index is 2.30. The number of amides is 1. The van der Waals surface area contributed by atoms with Crippen molar-refractivity contribution in [3.63, 3.8) is 0 Å². The van der Waals surface area contributed by atoms with Crippen LogP contribution in [0.2, 0.25) is 0 Å². The van der Waals surface area contributed by atoms with E-state index in [4.69, 9.17) is 5.73 Å². The van der Waals surface area contributed by atoms with Crippen LogP contribution in [0, 0.1) is 25.7 Å². The number of carbonyl (C=O) groups excluding carboxylic acids is 1. The molecule has 0 spiro atoms. The zero-order valence-electron chi connectivity index (χ0n) is 11.4. The smallest absolute Gasteiger partial charge is 0.257 e. The Morgan fingerprint density at radius 3 is 2.80 bits per heavy atom. The van der Waals surface area contributed by atoms with Crippen molar-refractivity contribution < 1.29 is 4.79 Å². The largest absolute Gasteiger partial charge is 0.320 e. The first-order valence-corrected chi connectivity index (χ1v) is 6.24. The fraction of sp³-hybridized carbons (Fsp3) is 0.200. The third kappa shape index (κ3) is 2.87. The summed E-state index contributed by atoms with van der Waals surface area (Å²) < 4.78 is 0. The van der Waals surface area contributed by atoms with Gasteiger partial charge < -0.3 is 11.1 Å². The van der Waals surface area contributed by atoms with E-state index in [1.165, 1.54) is 0 Å². The van der Waals surface area contributed by atoms with E-state index in [0.29, 0.717) is 16.8 Å². The highest BCUT2D eigenvalue weighted by Crippen LogP contribution is 2.18. The highest BCUT2D eigenvalue weighted by Gasteiger charge is 2.14. The van der Waals surface area contributed by atoms with E-state index in [0.717, 1.165) is 11.4 Å². The molecular formula is C15H16N4O. The van der Waals surface area contributed by atoms with Crippen LogP contribution in [-0.4, -0.2) is 22.6 Å². The molecule has 5 heteroatoms. The summed E-state index contributed by atoms with van der Waals surface area (Å²) in [5, 5.41) is 9.74. The Morgan fingerprint density at radius 2 is 2.15 bits per heavy atom. The molecule has 20 heavy (non-hydrogen) atoms. The van der Waals surface area contributed by atoms with E-state index in [1.54, 1.807) is 18.2 Å². The average Bonchev–Trinajstić information content (AvgIpc) is 2.77. The molecule has 0 bridgehead atoms. The van der Waals surface area contributed by atoms with Gasteiger partial charge in [-0.1, -0.05) is 24.0 Å². The first kappa shape index (κ1) is 13.8. The van der Waals surface area contributed by atoms with E-state index in [1.807, 2.05) is 19.9 Å². The Kier molecular flexibility index (Phi) is 4.18. The van der Waals surface area contributed by atoms with Crippen LogP contribution in [0.25, 0.3) is 0 Å². The van der Waals surface area contributed by atoms with Crippen molar-refractivity contribution in [2.75, 3.05) is 11.9 Å². The molecule has 0 aliphatic carbocycles. The molecule has 2 rings (SSSR count). The number of rotatable bonds is 2. The number of aromatic nitrogens is 2. The average molecular weight is 268 g/mol. The van der Waals surface area contributed by atoms with Gasteiger partial charge >= 0.3 is 0 Å². The second kappa shape index (κ2) is 6.04. The maximum absolute atomic E-state index is 12.3. The Labute approximate surface area is 117 Å². The molecule has 0 atom stereocenters. The number of H-pyrrole nitrogens is 1. The van der Waals surface area contributed by atoms with E-state index in [2.05, 4.69) is 27.4 Å². The highest BCUT2D eigenvalue weighted by atomic mass is 16.1. The molecule has 0 aliphatic heterocycles. The van der Waals surface area contributed by atoms with E-state index < -0.39 is 0 Å². The minimum Gasteiger partial charge on any atom is -0.320 e. The molecule has 0 fully saturated rings. The van der Waals surface area contributed by atoms with Gasteiger partial charge in [-0.3, -0.25) is 9.89 Å². The summed E-state index contributed by atoms with van der Waals surface area (Å²) in [5.41, 5.74) is 8.83. The third-order valence-electron chi connectivity index (χ3n) is 2.86. The van der Waals surface area contributed by atoms with Crippen LogP contribution < -0.4 is 11.1 Å². The second-order valence-corrected chi connectivity index (χ2v) is 4.31. The number of hydrogen-bond acceptors (Lipinski definition) is 3. The van der Waals surface area contributed by atoms with Crippen LogP contribution in [0.3, 0.4) is 0 Å². The fourth-order valence-corrected chi connectivity index (χ4v) is 1.85. The van der Waals surface area contributed by atoms with Gasteiger partial charge in [0.2, 0.25) is 0 Å². The summed E-state index contributed by atoms with van der Waals surface area (Å²) in [4.78, 5) is 12.3. The molecule has 0 aliphatic rings. The number of nitrogens with zero attached hydrogens (tertiary/aromatic N) is 1. The number of nitrogens with two attached hydrogens (primary N) is 1. The van der Waals surface area contributed by atoms with E-state index in [9.17, 15) is 4.79 Å². The summed E-state index contributed by atoms with van der Waals surface area (Å²) in [6, 6.07) is 7.18. The van der Waals surface area contributed by atoms with Gasteiger partial charge in [0.15, 0.2) is 0 Å². The second-order valence-electron chi connectivity index (χ2n) is 4.31. The molecule has 1 aromatic heterocycles. The van der Waals surface area contributed by atoms with Gasteiger partial charge in [0.1, 0.15) is 0 Å². The lowest BCUT2D eigenvalue weighted by Gasteiger charge is -2.07. The zero-order valence-corrected chi connectivity index (χ0v) is 11.4. The minimum atomic E-state index is -0.209. The zero-order chi connectivity index (χ0) is 14.5. The Hall–Kier alpha value is -2.58. The van der Waals surface area contributed by atoms with Crippen molar-refractivity contribution in [1.82, 2.24) is 10.2 Å². The number of aromatic amines is 1. The maximum atomic E-state index is 12.3. The predicted octanol–water partition coefficient (Wildman–Crippen LogP) is 1.59. The van der Waals surface area contributed by atoms with Gasteiger partial charge in [0.25, 0.3) is 5.91 Å². The molecule has 1 heterocycles. The van der Waals surface area contributed by atoms with Crippen molar-refractivity contribution in [1.29, 1.82) is 0 Å². The molecule has 102 valence electrons. The molecule has 0 unspecified atom stereocenters. The maximum Gasteiger partial charge on any atom is 0.257 e. The van der Waals surface area contributed by atoms with Crippen LogP contribution in [0.5, 0.6) is 0 Å². The van der Waals surface area contributed by atoms with Gasteiger partial charge in [-0.25, -0.2) is 0 Å². The SMILES string of the molecule is Cc1n[nH]c(C)c1NC(=O)c1ccccc1C#CCN. The molecule has 4 N–H and O–H groups in total. The molecule has 1 amide bonds. The third-order valence-corrected chi connectivity index (χ3v) is 2.86. The van der Waals surface area contributed by atoms with Crippen molar-refractivity contribution >= 4 is 11.6 Å². The van der Waals surface area contributed by atoms with Crippen LogP contribution >= 0.6 is 0 Å². The molecule has 0 saturated carbocycles. The number of aryl methyl sites for hydroxylation is 2. The molecule has 2 aromatic rings. The monoisotopic (exact) mass is 268 g/mol. The van der Waals surface area contributed by atoms with Gasteiger partial charge in [-0.2, -0.15) is 5.10 Å². The molecule has 1 aromatic carbocycles. The summed E-state index contributed by atoms with van der Waals surface area (Å²) >= 11 is 0. The van der Waals surface area contributed by atoms with E-state index >= 15 is 0 Å². The number of carbonyl (C=O) groups is 1. The van der Waals surface area contributed by atoms with Crippen molar-refractivity contribution in [3.05, 3.63) is 46.8 Å².